The first-order chi connectivity index (χ1) is 10.1. The number of nitrogens with one attached hydrogen (secondary N) is 1. The number of piperazine rings is 1. The van der Waals surface area contributed by atoms with Gasteiger partial charge < -0.3 is 14.6 Å². The highest BCUT2D eigenvalue weighted by Gasteiger charge is 2.30. The van der Waals surface area contributed by atoms with Crippen LogP contribution in [0.15, 0.2) is 40.8 Å². The van der Waals surface area contributed by atoms with Crippen molar-refractivity contribution in [1.82, 2.24) is 10.2 Å². The minimum absolute atomic E-state index is 0. The van der Waals surface area contributed by atoms with Gasteiger partial charge in [0.15, 0.2) is 11.0 Å². The molecule has 0 bridgehead atoms. The Labute approximate surface area is 138 Å². The minimum atomic E-state index is -0.313. The fourth-order valence-corrected chi connectivity index (χ4v) is 2.68. The first-order valence-electron chi connectivity index (χ1n) is 6.67. The highest BCUT2D eigenvalue weighted by atomic mass is 35.5. The topological polar surface area (TPSA) is 45.5 Å². The van der Waals surface area contributed by atoms with Crippen LogP contribution < -0.4 is 5.32 Å². The van der Waals surface area contributed by atoms with Gasteiger partial charge in [-0.05, 0) is 41.4 Å². The van der Waals surface area contributed by atoms with E-state index in [1.165, 1.54) is 18.2 Å². The van der Waals surface area contributed by atoms with E-state index in [1.807, 2.05) is 6.07 Å². The van der Waals surface area contributed by atoms with Crippen LogP contribution in [-0.2, 0) is 0 Å². The molecule has 0 saturated carbocycles. The van der Waals surface area contributed by atoms with Crippen molar-refractivity contribution in [3.8, 4) is 0 Å². The standard InChI is InChI=1S/C15H14ClFN2O2.ClH/c16-14-5-4-13(21-14)15(20)19-7-6-18-9-12(19)10-2-1-3-11(17)8-10;/h1-5,8,12,18H,6-7,9H2;1H. The number of benzene rings is 1. The van der Waals surface area contributed by atoms with Gasteiger partial charge in [0, 0.05) is 19.6 Å². The second-order valence-corrected chi connectivity index (χ2v) is 5.25. The molecule has 1 aromatic carbocycles. The van der Waals surface area contributed by atoms with Gasteiger partial charge >= 0.3 is 0 Å². The number of furan rings is 1. The van der Waals surface area contributed by atoms with Crippen LogP contribution in [0.3, 0.4) is 0 Å². The molecule has 2 aromatic rings. The average Bonchev–Trinajstić information content (AvgIpc) is 2.93. The second-order valence-electron chi connectivity index (χ2n) is 4.88. The van der Waals surface area contributed by atoms with Crippen molar-refractivity contribution in [2.45, 2.75) is 6.04 Å². The van der Waals surface area contributed by atoms with Crippen molar-refractivity contribution in [3.05, 3.63) is 58.8 Å². The average molecular weight is 345 g/mol. The smallest absolute Gasteiger partial charge is 0.290 e. The van der Waals surface area contributed by atoms with Gasteiger partial charge in [0.1, 0.15) is 5.82 Å². The highest BCUT2D eigenvalue weighted by Crippen LogP contribution is 2.26. The molecule has 1 aliphatic heterocycles. The lowest BCUT2D eigenvalue weighted by molar-refractivity contribution is 0.0601. The number of carbonyl (C=O) groups is 1. The number of halogens is 3. The van der Waals surface area contributed by atoms with Crippen LogP contribution in [0.5, 0.6) is 0 Å². The summed E-state index contributed by atoms with van der Waals surface area (Å²) in [5.74, 6) is -0.354. The van der Waals surface area contributed by atoms with Gasteiger partial charge in [0.25, 0.3) is 5.91 Å². The molecule has 1 atom stereocenters. The Bertz CT molecular complexity index is 662. The Kier molecular flexibility index (Phi) is 5.45. The molecule has 7 heteroatoms. The molecule has 4 nitrogen and oxygen atoms in total. The zero-order valence-corrected chi connectivity index (χ0v) is 13.2. The summed E-state index contributed by atoms with van der Waals surface area (Å²) in [5, 5.41) is 3.40. The summed E-state index contributed by atoms with van der Waals surface area (Å²) in [4.78, 5) is 14.2. The third-order valence-electron chi connectivity index (χ3n) is 3.52. The Morgan fingerprint density at radius 2 is 2.18 bits per heavy atom. The van der Waals surface area contributed by atoms with Crippen molar-refractivity contribution in [2.24, 2.45) is 0 Å². The monoisotopic (exact) mass is 344 g/mol. The summed E-state index contributed by atoms with van der Waals surface area (Å²) >= 11 is 5.72. The van der Waals surface area contributed by atoms with E-state index in [0.29, 0.717) is 19.6 Å². The van der Waals surface area contributed by atoms with Crippen molar-refractivity contribution in [1.29, 1.82) is 0 Å². The maximum Gasteiger partial charge on any atom is 0.290 e. The predicted octanol–water partition coefficient (Wildman–Crippen LogP) is 3.28. The number of hydrogen-bond acceptors (Lipinski definition) is 3. The number of rotatable bonds is 2. The van der Waals surface area contributed by atoms with E-state index in [2.05, 4.69) is 5.32 Å². The van der Waals surface area contributed by atoms with Gasteiger partial charge in [-0.25, -0.2) is 4.39 Å². The summed E-state index contributed by atoms with van der Waals surface area (Å²) in [6, 6.07) is 9.15. The van der Waals surface area contributed by atoms with Crippen molar-refractivity contribution in [3.63, 3.8) is 0 Å². The van der Waals surface area contributed by atoms with E-state index in [-0.39, 0.29) is 41.2 Å². The molecular weight excluding hydrogens is 330 g/mol. The maximum absolute atomic E-state index is 13.4. The first-order valence-corrected chi connectivity index (χ1v) is 7.05. The quantitative estimate of drug-likeness (QED) is 0.909. The molecule has 3 rings (SSSR count). The van der Waals surface area contributed by atoms with E-state index in [9.17, 15) is 9.18 Å². The molecule has 1 aromatic heterocycles. The molecular formula is C15H15Cl2FN2O2. The lowest BCUT2D eigenvalue weighted by Crippen LogP contribution is -2.48. The molecule has 0 aliphatic carbocycles. The van der Waals surface area contributed by atoms with Crippen molar-refractivity contribution < 1.29 is 13.6 Å². The molecule has 1 amide bonds. The lowest BCUT2D eigenvalue weighted by Gasteiger charge is -2.36. The Morgan fingerprint density at radius 1 is 1.36 bits per heavy atom. The Morgan fingerprint density at radius 3 is 2.86 bits per heavy atom. The molecule has 118 valence electrons. The molecule has 0 radical (unpaired) electrons. The number of nitrogens with zero attached hydrogens (tertiary/aromatic N) is 1. The molecule has 1 unspecified atom stereocenters. The molecule has 1 N–H and O–H groups in total. The fraction of sp³-hybridized carbons (Fsp3) is 0.267. The molecule has 1 fully saturated rings. The van der Waals surface area contributed by atoms with Gasteiger partial charge in [0.2, 0.25) is 0 Å². The molecule has 22 heavy (non-hydrogen) atoms. The third-order valence-corrected chi connectivity index (χ3v) is 3.72. The van der Waals surface area contributed by atoms with E-state index in [4.69, 9.17) is 16.0 Å². The summed E-state index contributed by atoms with van der Waals surface area (Å²) < 4.78 is 18.6. The fourth-order valence-electron chi connectivity index (χ4n) is 2.53. The first kappa shape index (κ1) is 16.8. The van der Waals surface area contributed by atoms with Gasteiger partial charge in [-0.3, -0.25) is 4.79 Å². The van der Waals surface area contributed by atoms with E-state index >= 15 is 0 Å². The summed E-state index contributed by atoms with van der Waals surface area (Å²) in [6.07, 6.45) is 0. The highest BCUT2D eigenvalue weighted by molar-refractivity contribution is 6.29. The minimum Gasteiger partial charge on any atom is -0.440 e. The Hall–Kier alpha value is -1.56. The van der Waals surface area contributed by atoms with E-state index in [0.717, 1.165) is 5.56 Å². The Balaban J connectivity index is 0.00000176. The van der Waals surface area contributed by atoms with Crippen LogP contribution in [0.1, 0.15) is 22.2 Å². The van der Waals surface area contributed by atoms with Gasteiger partial charge in [-0.2, -0.15) is 0 Å². The lowest BCUT2D eigenvalue weighted by atomic mass is 10.0. The zero-order valence-electron chi connectivity index (χ0n) is 11.6. The normalized spacial score (nSPS) is 17.9. The molecule has 2 heterocycles. The van der Waals surface area contributed by atoms with Gasteiger partial charge in [-0.15, -0.1) is 12.4 Å². The van der Waals surface area contributed by atoms with Crippen LogP contribution in [0, 0.1) is 5.82 Å². The van der Waals surface area contributed by atoms with Crippen molar-refractivity contribution >= 4 is 29.9 Å². The largest absolute Gasteiger partial charge is 0.440 e. The van der Waals surface area contributed by atoms with Crippen LogP contribution in [0.25, 0.3) is 0 Å². The number of amides is 1. The summed E-state index contributed by atoms with van der Waals surface area (Å²) in [6.45, 7) is 1.79. The van der Waals surface area contributed by atoms with Crippen molar-refractivity contribution in [2.75, 3.05) is 19.6 Å². The second kappa shape index (κ2) is 7.13. The van der Waals surface area contributed by atoms with Crippen LogP contribution in [0.2, 0.25) is 5.22 Å². The molecule has 0 spiro atoms. The molecule has 1 saturated heterocycles. The van der Waals surface area contributed by atoms with Crippen LogP contribution in [-0.4, -0.2) is 30.4 Å². The van der Waals surface area contributed by atoms with Crippen LogP contribution in [0.4, 0.5) is 4.39 Å². The maximum atomic E-state index is 13.4. The summed E-state index contributed by atoms with van der Waals surface area (Å²) in [7, 11) is 0. The zero-order chi connectivity index (χ0) is 14.8. The van der Waals surface area contributed by atoms with Gasteiger partial charge in [-0.1, -0.05) is 12.1 Å². The van der Waals surface area contributed by atoms with E-state index < -0.39 is 0 Å². The number of carbonyl (C=O) groups excluding carboxylic acids is 1. The number of hydrogen-bond donors (Lipinski definition) is 1. The van der Waals surface area contributed by atoms with Gasteiger partial charge in [0.05, 0.1) is 6.04 Å². The summed E-state index contributed by atoms with van der Waals surface area (Å²) in [5.41, 5.74) is 0.758. The SMILES string of the molecule is Cl.O=C(c1ccc(Cl)o1)N1CCNCC1c1cccc(F)c1. The molecule has 1 aliphatic rings. The third kappa shape index (κ3) is 3.43. The van der Waals surface area contributed by atoms with E-state index in [1.54, 1.807) is 17.0 Å². The predicted molar refractivity (Wildman–Crippen MR) is 84.0 cm³/mol. The van der Waals surface area contributed by atoms with Crippen LogP contribution >= 0.6 is 24.0 Å².